The van der Waals surface area contributed by atoms with Crippen LogP contribution in [0.2, 0.25) is 0 Å². The Morgan fingerprint density at radius 2 is 1.12 bits per heavy atom. The zero-order valence-corrected chi connectivity index (χ0v) is 13.4. The van der Waals surface area contributed by atoms with Gasteiger partial charge in [-0.1, -0.05) is 12.2 Å². The van der Waals surface area contributed by atoms with Crippen LogP contribution in [-0.4, -0.2) is 23.1 Å². The highest BCUT2D eigenvalue weighted by Crippen LogP contribution is 2.94. The second kappa shape index (κ2) is 3.04. The first kappa shape index (κ1) is 12.5. The number of carbonyl (C=O) groups is 4. The molecule has 9 aliphatic rings. The van der Waals surface area contributed by atoms with Crippen molar-refractivity contribution in [3.8, 4) is 0 Å². The van der Waals surface area contributed by atoms with Crippen LogP contribution >= 0.6 is 0 Å². The van der Waals surface area contributed by atoms with E-state index in [0.717, 1.165) is 6.42 Å². The molecule has 12 atom stereocenters. The summed E-state index contributed by atoms with van der Waals surface area (Å²) in [6, 6.07) is 0. The zero-order chi connectivity index (χ0) is 16.6. The van der Waals surface area contributed by atoms with E-state index in [2.05, 4.69) is 12.2 Å². The van der Waals surface area contributed by atoms with E-state index in [-0.39, 0.29) is 47.1 Å². The Morgan fingerprint density at radius 3 is 1.56 bits per heavy atom. The Labute approximate surface area is 143 Å². The first-order valence-corrected chi connectivity index (χ1v) is 9.60. The molecule has 0 aromatic heterocycles. The van der Waals surface area contributed by atoms with E-state index in [1.807, 2.05) is 0 Å². The van der Waals surface area contributed by atoms with Crippen molar-refractivity contribution >= 4 is 23.1 Å². The molecule has 6 fully saturated rings. The van der Waals surface area contributed by atoms with Crippen molar-refractivity contribution in [2.45, 2.75) is 6.42 Å². The molecule has 25 heavy (non-hydrogen) atoms. The van der Waals surface area contributed by atoms with Gasteiger partial charge in [0, 0.05) is 35.5 Å². The molecule has 0 aliphatic heterocycles. The molecule has 0 unspecified atom stereocenters. The lowest BCUT2D eigenvalue weighted by atomic mass is 9.35. The maximum atomic E-state index is 13.7. The van der Waals surface area contributed by atoms with E-state index >= 15 is 0 Å². The van der Waals surface area contributed by atoms with E-state index in [4.69, 9.17) is 0 Å². The summed E-state index contributed by atoms with van der Waals surface area (Å²) in [4.78, 5) is 52.8. The summed E-state index contributed by atoms with van der Waals surface area (Å²) in [7, 11) is 0. The molecule has 6 saturated carbocycles. The van der Waals surface area contributed by atoms with Crippen molar-refractivity contribution in [1.29, 1.82) is 0 Å². The van der Waals surface area contributed by atoms with Gasteiger partial charge in [0.1, 0.15) is 11.6 Å². The summed E-state index contributed by atoms with van der Waals surface area (Å²) >= 11 is 0. The van der Waals surface area contributed by atoms with E-state index in [1.165, 1.54) is 12.2 Å². The summed E-state index contributed by atoms with van der Waals surface area (Å²) in [6.45, 7) is 0. The average molecular weight is 332 g/mol. The van der Waals surface area contributed by atoms with Gasteiger partial charge in [-0.25, -0.2) is 0 Å². The molecule has 9 aliphatic carbocycles. The van der Waals surface area contributed by atoms with Crippen LogP contribution in [0.5, 0.6) is 0 Å². The third-order valence-corrected chi connectivity index (χ3v) is 10.2. The molecule has 0 N–H and O–H groups in total. The fourth-order valence-electron chi connectivity index (χ4n) is 10.3. The van der Waals surface area contributed by atoms with Gasteiger partial charge in [0.15, 0.2) is 11.6 Å². The molecule has 0 saturated heterocycles. The van der Waals surface area contributed by atoms with Gasteiger partial charge < -0.3 is 0 Å². The fraction of sp³-hybridized carbons (Fsp3) is 0.619. The minimum absolute atomic E-state index is 0.0112. The number of rotatable bonds is 0. The number of ketones is 4. The first-order valence-electron chi connectivity index (χ1n) is 9.60. The summed E-state index contributed by atoms with van der Waals surface area (Å²) in [6.07, 6.45) is 7.91. The quantitative estimate of drug-likeness (QED) is 0.621. The maximum absolute atomic E-state index is 13.7. The summed E-state index contributed by atoms with van der Waals surface area (Å²) in [5, 5.41) is 0. The Bertz CT molecular complexity index is 883. The first-order chi connectivity index (χ1) is 12.1. The molecule has 4 nitrogen and oxygen atoms in total. The molecule has 124 valence electrons. The van der Waals surface area contributed by atoms with Crippen molar-refractivity contribution in [2.75, 3.05) is 0 Å². The predicted molar refractivity (Wildman–Crippen MR) is 82.7 cm³/mol. The van der Waals surface area contributed by atoms with Gasteiger partial charge in [0.25, 0.3) is 0 Å². The second-order valence-corrected chi connectivity index (χ2v) is 9.75. The Balaban J connectivity index is 1.52. The molecule has 4 bridgehead atoms. The molecule has 4 heteroatoms. The third kappa shape index (κ3) is 0.756. The molecule has 2 spiro atoms. The monoisotopic (exact) mass is 332 g/mol. The van der Waals surface area contributed by atoms with E-state index in [0.29, 0.717) is 23.4 Å². The summed E-state index contributed by atoms with van der Waals surface area (Å²) in [5.74, 6) is 0.552. The van der Waals surface area contributed by atoms with Crippen molar-refractivity contribution in [3.63, 3.8) is 0 Å². The number of hydrogen-bond acceptors (Lipinski definition) is 4. The number of Topliss-reactive ketones (excluding diaryl/α,β-unsaturated/α-hetero) is 2. The molecule has 0 radical (unpaired) electrons. The van der Waals surface area contributed by atoms with Gasteiger partial charge in [-0.15, -0.1) is 0 Å². The van der Waals surface area contributed by atoms with Gasteiger partial charge in [-0.3, -0.25) is 19.2 Å². The lowest BCUT2D eigenvalue weighted by Crippen LogP contribution is -2.71. The van der Waals surface area contributed by atoms with Crippen molar-refractivity contribution in [3.05, 3.63) is 24.3 Å². The fourth-order valence-corrected chi connectivity index (χ4v) is 10.3. The molecule has 0 aromatic rings. The Kier molecular flexibility index (Phi) is 1.52. The molecular formula is C21H16O4. The van der Waals surface area contributed by atoms with Crippen molar-refractivity contribution < 1.29 is 19.2 Å². The highest BCUT2D eigenvalue weighted by molar-refractivity contribution is 6.15. The lowest BCUT2D eigenvalue weighted by Gasteiger charge is -2.64. The van der Waals surface area contributed by atoms with Crippen LogP contribution in [0.3, 0.4) is 0 Å². The molecular weight excluding hydrogens is 316 g/mol. The lowest BCUT2D eigenvalue weighted by molar-refractivity contribution is -0.186. The average Bonchev–Trinajstić information content (AvgIpc) is 3.10. The van der Waals surface area contributed by atoms with Gasteiger partial charge in [0.2, 0.25) is 0 Å². The van der Waals surface area contributed by atoms with E-state index in [9.17, 15) is 19.2 Å². The normalized spacial score (nSPS) is 68.2. The zero-order valence-electron chi connectivity index (χ0n) is 13.4. The number of fused-ring (bicyclic) bond motifs is 1. The highest BCUT2D eigenvalue weighted by atomic mass is 16.2. The molecule has 0 amide bonds. The second-order valence-electron chi connectivity index (χ2n) is 9.75. The van der Waals surface area contributed by atoms with Gasteiger partial charge >= 0.3 is 0 Å². The molecule has 0 aromatic carbocycles. The van der Waals surface area contributed by atoms with Crippen LogP contribution in [0.15, 0.2) is 24.3 Å². The Hall–Kier alpha value is -1.84. The van der Waals surface area contributed by atoms with Crippen LogP contribution in [0, 0.1) is 70.0 Å². The van der Waals surface area contributed by atoms with Gasteiger partial charge in [0.05, 0.1) is 10.8 Å². The standard InChI is InChI=1S/C21H16O4/c22-10-3-4-11(23)13-7-2-1-6(12(10)13)20-8-5-9-15-14(8)16(18(20)24)17(15)19(25)21(7,9)20/h1-4,6-9,12-17H,5H2/t6-,7+,8-,9-,12-,13+,14+,15-,16+,17-,20+,21-/m1/s1. The minimum Gasteiger partial charge on any atom is -0.299 e. The summed E-state index contributed by atoms with van der Waals surface area (Å²) < 4.78 is 0. The largest absolute Gasteiger partial charge is 0.299 e. The van der Waals surface area contributed by atoms with Crippen LogP contribution < -0.4 is 0 Å². The van der Waals surface area contributed by atoms with E-state index in [1.54, 1.807) is 0 Å². The van der Waals surface area contributed by atoms with Gasteiger partial charge in [-0.2, -0.15) is 0 Å². The smallest absolute Gasteiger partial charge is 0.160 e. The van der Waals surface area contributed by atoms with E-state index < -0.39 is 22.7 Å². The topological polar surface area (TPSA) is 68.3 Å². The molecule has 9 rings (SSSR count). The minimum atomic E-state index is -0.644. The SMILES string of the molecule is O=C1C=CC(=O)[C@H]2[C@@H]1[C@H]1C=C[C@@H]2[C@@]23C(=O)[C@H]4[C@H]5C(=O)[C@@]12[C@@H]1C[C@@H]3[C@@H]4[C@@H]51. The third-order valence-electron chi connectivity index (χ3n) is 10.2. The van der Waals surface area contributed by atoms with Crippen LogP contribution in [-0.2, 0) is 19.2 Å². The van der Waals surface area contributed by atoms with Crippen LogP contribution in [0.4, 0.5) is 0 Å². The molecule has 0 heterocycles. The Morgan fingerprint density at radius 1 is 0.680 bits per heavy atom. The van der Waals surface area contributed by atoms with Crippen LogP contribution in [0.25, 0.3) is 0 Å². The summed E-state index contributed by atoms with van der Waals surface area (Å²) in [5.41, 5.74) is -1.29. The number of allylic oxidation sites excluding steroid dienone is 4. The maximum Gasteiger partial charge on any atom is 0.160 e. The highest BCUT2D eigenvalue weighted by Gasteiger charge is 2.98. The number of hydrogen-bond donors (Lipinski definition) is 0. The van der Waals surface area contributed by atoms with Crippen LogP contribution in [0.1, 0.15) is 6.42 Å². The van der Waals surface area contributed by atoms with Crippen molar-refractivity contribution in [2.24, 2.45) is 70.0 Å². The van der Waals surface area contributed by atoms with Gasteiger partial charge in [-0.05, 0) is 42.2 Å². The predicted octanol–water partition coefficient (Wildman–Crippen LogP) is 1.01. The number of carbonyl (C=O) groups excluding carboxylic acids is 4. The van der Waals surface area contributed by atoms with Crippen molar-refractivity contribution in [1.82, 2.24) is 0 Å².